The molecule has 2 bridgehead atoms. The third-order valence-electron chi connectivity index (χ3n) is 8.10. The van der Waals surface area contributed by atoms with Crippen molar-refractivity contribution < 1.29 is 14.7 Å². The Kier molecular flexibility index (Phi) is 8.09. The summed E-state index contributed by atoms with van der Waals surface area (Å²) in [5.41, 5.74) is 1.27. The molecule has 4 atom stereocenters. The van der Waals surface area contributed by atoms with E-state index < -0.39 is 6.10 Å². The number of rotatable bonds is 9. The minimum atomic E-state index is -0.661. The van der Waals surface area contributed by atoms with Crippen molar-refractivity contribution in [3.63, 3.8) is 0 Å². The molecule has 0 aliphatic carbocycles. The summed E-state index contributed by atoms with van der Waals surface area (Å²) in [7, 11) is 0. The minimum absolute atomic E-state index is 0.0607. The predicted molar refractivity (Wildman–Crippen MR) is 150 cm³/mol. The van der Waals surface area contributed by atoms with Crippen molar-refractivity contribution in [3.05, 3.63) is 76.3 Å². The number of hydrogen-bond acceptors (Lipinski definition) is 6. The molecule has 3 N–H and O–H groups in total. The van der Waals surface area contributed by atoms with Gasteiger partial charge in [-0.3, -0.25) is 24.3 Å². The number of hydrogen-bond donors (Lipinski definition) is 3. The fourth-order valence-corrected chi connectivity index (χ4v) is 6.27. The number of aliphatic hydroxyl groups is 1. The monoisotopic (exact) mass is 531 g/mol. The Morgan fingerprint density at radius 1 is 1.03 bits per heavy atom. The maximum absolute atomic E-state index is 13.2. The summed E-state index contributed by atoms with van der Waals surface area (Å²) in [4.78, 5) is 44.9. The van der Waals surface area contributed by atoms with Crippen molar-refractivity contribution in [2.24, 2.45) is 5.92 Å². The van der Waals surface area contributed by atoms with Gasteiger partial charge in [0.1, 0.15) is 5.56 Å². The number of carbonyl (C=O) groups excluding carboxylic acids is 2. The quantitative estimate of drug-likeness (QED) is 0.391. The zero-order chi connectivity index (χ0) is 27.5. The molecule has 9 nitrogen and oxygen atoms in total. The summed E-state index contributed by atoms with van der Waals surface area (Å²) in [6.45, 7) is 5.13. The molecular weight excluding hydrogens is 494 g/mol. The first-order chi connectivity index (χ1) is 18.8. The van der Waals surface area contributed by atoms with Gasteiger partial charge in [0.2, 0.25) is 0 Å². The van der Waals surface area contributed by atoms with Crippen LogP contribution in [0.3, 0.4) is 0 Å². The van der Waals surface area contributed by atoms with Crippen LogP contribution in [0.5, 0.6) is 0 Å². The van der Waals surface area contributed by atoms with Gasteiger partial charge in [0.15, 0.2) is 0 Å². The Labute approximate surface area is 228 Å². The van der Waals surface area contributed by atoms with Gasteiger partial charge in [0.25, 0.3) is 17.4 Å². The third kappa shape index (κ3) is 5.89. The molecule has 0 spiro atoms. The van der Waals surface area contributed by atoms with Crippen LogP contribution in [0.15, 0.2) is 59.7 Å². The van der Waals surface area contributed by atoms with Crippen molar-refractivity contribution in [1.29, 1.82) is 0 Å². The van der Waals surface area contributed by atoms with Crippen molar-refractivity contribution in [2.45, 2.75) is 63.8 Å². The van der Waals surface area contributed by atoms with E-state index in [4.69, 9.17) is 0 Å². The molecule has 39 heavy (non-hydrogen) atoms. The van der Waals surface area contributed by atoms with Gasteiger partial charge < -0.3 is 20.3 Å². The van der Waals surface area contributed by atoms with E-state index in [1.807, 2.05) is 38.1 Å². The standard InChI is InChI=1S/C30H37N5O4/c1-19(2)35-27-6-4-3-5-22(27)15-26(30(35)39)29(38)32-16-20-13-23-7-8-24(14-20)34(23)18-25(36)17-33-28(37)21-9-11-31-12-10-21/h3-6,9-12,15,19-20,23-25,36H,7-8,13-14,16-18H2,1-2H3,(H,32,38)(H,33,37)/t20?,23-,24+,25?. The first kappa shape index (κ1) is 27.0. The number of aliphatic hydroxyl groups excluding tert-OH is 1. The normalized spacial score (nSPS) is 21.7. The molecular formula is C30H37N5O4. The molecule has 206 valence electrons. The SMILES string of the molecule is CC(C)n1c(=O)c(C(=O)NCC2C[C@H]3CC[C@@H](C2)N3CC(O)CNC(=O)c2ccncc2)cc2ccccc21. The number of nitrogens with one attached hydrogen (secondary N) is 2. The predicted octanol–water partition coefficient (Wildman–Crippen LogP) is 2.74. The van der Waals surface area contributed by atoms with Crippen LogP contribution in [-0.2, 0) is 0 Å². The van der Waals surface area contributed by atoms with E-state index in [9.17, 15) is 19.5 Å². The molecule has 1 aromatic carbocycles. The average molecular weight is 532 g/mol. The molecule has 2 saturated heterocycles. The van der Waals surface area contributed by atoms with Gasteiger partial charge >= 0.3 is 0 Å². The number of carbonyl (C=O) groups is 2. The molecule has 2 fully saturated rings. The smallest absolute Gasteiger partial charge is 0.264 e. The van der Waals surface area contributed by atoms with Crippen molar-refractivity contribution >= 4 is 22.7 Å². The number of benzene rings is 1. The van der Waals surface area contributed by atoms with E-state index in [1.165, 1.54) is 0 Å². The van der Waals surface area contributed by atoms with E-state index in [0.717, 1.165) is 36.6 Å². The summed E-state index contributed by atoms with van der Waals surface area (Å²) in [6.07, 6.45) is 6.47. The molecule has 3 aromatic rings. The second kappa shape index (κ2) is 11.7. The largest absolute Gasteiger partial charge is 0.390 e. The second-order valence-corrected chi connectivity index (χ2v) is 11.1. The molecule has 2 unspecified atom stereocenters. The molecule has 0 saturated carbocycles. The van der Waals surface area contributed by atoms with Crippen LogP contribution in [0.1, 0.15) is 66.3 Å². The molecule has 2 aliphatic rings. The van der Waals surface area contributed by atoms with Gasteiger partial charge in [-0.1, -0.05) is 18.2 Å². The lowest BCUT2D eigenvalue weighted by Crippen LogP contribution is -2.50. The highest BCUT2D eigenvalue weighted by atomic mass is 16.3. The summed E-state index contributed by atoms with van der Waals surface area (Å²) in [6, 6.07) is 13.3. The Bertz CT molecular complexity index is 1380. The number of fused-ring (bicyclic) bond motifs is 3. The third-order valence-corrected chi connectivity index (χ3v) is 8.10. The zero-order valence-electron chi connectivity index (χ0n) is 22.5. The van der Waals surface area contributed by atoms with Crippen molar-refractivity contribution in [3.8, 4) is 0 Å². The molecule has 2 amide bonds. The van der Waals surface area contributed by atoms with Crippen LogP contribution < -0.4 is 16.2 Å². The van der Waals surface area contributed by atoms with Crippen LogP contribution in [0.4, 0.5) is 0 Å². The van der Waals surface area contributed by atoms with E-state index in [-0.39, 0.29) is 35.5 Å². The first-order valence-corrected chi connectivity index (χ1v) is 13.9. The molecule has 2 aliphatic heterocycles. The van der Waals surface area contributed by atoms with Crippen LogP contribution in [0.25, 0.3) is 10.9 Å². The summed E-state index contributed by atoms with van der Waals surface area (Å²) < 4.78 is 1.69. The Morgan fingerprint density at radius 2 is 1.72 bits per heavy atom. The molecule has 2 aromatic heterocycles. The van der Waals surface area contributed by atoms with Crippen LogP contribution in [0, 0.1) is 5.92 Å². The van der Waals surface area contributed by atoms with Gasteiger partial charge in [-0.15, -0.1) is 0 Å². The minimum Gasteiger partial charge on any atom is -0.390 e. The van der Waals surface area contributed by atoms with Gasteiger partial charge in [-0.25, -0.2) is 0 Å². The highest BCUT2D eigenvalue weighted by Crippen LogP contribution is 2.38. The van der Waals surface area contributed by atoms with Crippen LogP contribution in [0.2, 0.25) is 0 Å². The lowest BCUT2D eigenvalue weighted by Gasteiger charge is -2.40. The van der Waals surface area contributed by atoms with Crippen molar-refractivity contribution in [2.75, 3.05) is 19.6 Å². The number of pyridine rings is 2. The fourth-order valence-electron chi connectivity index (χ4n) is 6.27. The Hall–Kier alpha value is -3.56. The van der Waals surface area contributed by atoms with Crippen molar-refractivity contribution in [1.82, 2.24) is 25.1 Å². The fraction of sp³-hybridized carbons (Fsp3) is 0.467. The van der Waals surface area contributed by atoms with E-state index in [1.54, 1.807) is 35.2 Å². The van der Waals surface area contributed by atoms with E-state index in [0.29, 0.717) is 36.7 Å². The lowest BCUT2D eigenvalue weighted by molar-refractivity contribution is 0.0439. The number of para-hydroxylation sites is 1. The summed E-state index contributed by atoms with van der Waals surface area (Å²) in [5, 5.41) is 17.4. The molecule has 4 heterocycles. The van der Waals surface area contributed by atoms with E-state index >= 15 is 0 Å². The first-order valence-electron chi connectivity index (χ1n) is 13.9. The van der Waals surface area contributed by atoms with Gasteiger partial charge in [0.05, 0.1) is 11.6 Å². The molecule has 5 rings (SSSR count). The average Bonchev–Trinajstić information content (AvgIpc) is 3.16. The topological polar surface area (TPSA) is 117 Å². The highest BCUT2D eigenvalue weighted by Gasteiger charge is 2.41. The Morgan fingerprint density at radius 3 is 2.41 bits per heavy atom. The van der Waals surface area contributed by atoms with Gasteiger partial charge in [0, 0.05) is 55.7 Å². The Balaban J connectivity index is 1.15. The highest BCUT2D eigenvalue weighted by molar-refractivity contribution is 5.97. The number of nitrogens with zero attached hydrogens (tertiary/aromatic N) is 3. The van der Waals surface area contributed by atoms with Crippen LogP contribution in [-0.4, -0.2) is 69.2 Å². The number of piperidine rings is 1. The lowest BCUT2D eigenvalue weighted by atomic mass is 9.90. The van der Waals surface area contributed by atoms with Gasteiger partial charge in [-0.2, -0.15) is 0 Å². The second-order valence-electron chi connectivity index (χ2n) is 11.1. The van der Waals surface area contributed by atoms with Crippen LogP contribution >= 0.6 is 0 Å². The molecule has 0 radical (unpaired) electrons. The zero-order valence-corrected chi connectivity index (χ0v) is 22.5. The summed E-state index contributed by atoms with van der Waals surface area (Å²) >= 11 is 0. The summed E-state index contributed by atoms with van der Waals surface area (Å²) in [5.74, 6) is -0.227. The van der Waals surface area contributed by atoms with E-state index in [2.05, 4.69) is 20.5 Å². The van der Waals surface area contributed by atoms with Gasteiger partial charge in [-0.05, 0) is 75.1 Å². The number of aromatic nitrogens is 2. The number of amides is 2. The maximum Gasteiger partial charge on any atom is 0.264 e. The molecule has 9 heteroatoms. The maximum atomic E-state index is 13.2.